The molecule has 1 amide bonds. The van der Waals surface area contributed by atoms with Crippen molar-refractivity contribution in [3.63, 3.8) is 0 Å². The number of amides is 1. The summed E-state index contributed by atoms with van der Waals surface area (Å²) in [5, 5.41) is 14.1. The van der Waals surface area contributed by atoms with Gasteiger partial charge in [-0.15, -0.1) is 0 Å². The number of aryl methyl sites for hydroxylation is 2. The Labute approximate surface area is 146 Å². The normalized spacial score (nSPS) is 10.8. The highest BCUT2D eigenvalue weighted by Crippen LogP contribution is 2.30. The fourth-order valence-electron chi connectivity index (χ4n) is 2.62. The van der Waals surface area contributed by atoms with E-state index >= 15 is 0 Å². The van der Waals surface area contributed by atoms with Crippen LogP contribution < -0.4 is 11.0 Å². The van der Waals surface area contributed by atoms with Crippen LogP contribution in [0, 0.1) is 10.1 Å². The van der Waals surface area contributed by atoms with Gasteiger partial charge >= 0.3 is 5.69 Å². The second-order valence-electron chi connectivity index (χ2n) is 5.45. The second kappa shape index (κ2) is 6.06. The highest BCUT2D eigenvalue weighted by Gasteiger charge is 2.22. The molecule has 8 nitrogen and oxygen atoms in total. The van der Waals surface area contributed by atoms with Crippen LogP contribution >= 0.6 is 11.6 Å². The van der Waals surface area contributed by atoms with E-state index in [1.165, 1.54) is 34.4 Å². The molecule has 1 aromatic heterocycles. The first kappa shape index (κ1) is 16.7. The van der Waals surface area contributed by atoms with E-state index in [0.717, 1.165) is 0 Å². The van der Waals surface area contributed by atoms with Gasteiger partial charge < -0.3 is 5.32 Å². The summed E-state index contributed by atoms with van der Waals surface area (Å²) in [6, 6.07) is 9.05. The van der Waals surface area contributed by atoms with Gasteiger partial charge in [0.2, 0.25) is 0 Å². The third-order valence-electron chi connectivity index (χ3n) is 3.95. The molecule has 3 aromatic rings. The number of fused-ring (bicyclic) bond motifs is 1. The van der Waals surface area contributed by atoms with Crippen molar-refractivity contribution in [3.05, 3.63) is 67.6 Å². The molecule has 9 heteroatoms. The minimum atomic E-state index is -0.612. The Bertz CT molecular complexity index is 1080. The molecule has 0 aliphatic rings. The third-order valence-corrected chi connectivity index (χ3v) is 4.28. The zero-order chi connectivity index (χ0) is 18.3. The van der Waals surface area contributed by atoms with Crippen molar-refractivity contribution in [2.75, 3.05) is 5.32 Å². The van der Waals surface area contributed by atoms with Gasteiger partial charge in [0.15, 0.2) is 0 Å². The van der Waals surface area contributed by atoms with Crippen LogP contribution in [-0.2, 0) is 14.1 Å². The predicted molar refractivity (Wildman–Crippen MR) is 94.2 cm³/mol. The number of aromatic nitrogens is 2. The molecule has 25 heavy (non-hydrogen) atoms. The summed E-state index contributed by atoms with van der Waals surface area (Å²) in [5.41, 5.74) is 0.416. The molecule has 0 unspecified atom stereocenters. The van der Waals surface area contributed by atoms with Crippen LogP contribution in [0.15, 0.2) is 41.2 Å². The lowest BCUT2D eigenvalue weighted by Gasteiger charge is -2.08. The van der Waals surface area contributed by atoms with Crippen LogP contribution in [0.25, 0.3) is 11.0 Å². The summed E-state index contributed by atoms with van der Waals surface area (Å²) in [6.07, 6.45) is 0. The highest BCUT2D eigenvalue weighted by molar-refractivity contribution is 6.34. The first-order valence-electron chi connectivity index (χ1n) is 7.21. The number of rotatable bonds is 3. The maximum absolute atomic E-state index is 12.4. The summed E-state index contributed by atoms with van der Waals surface area (Å²) < 4.78 is 2.66. The molecule has 0 atom stereocenters. The van der Waals surface area contributed by atoms with E-state index < -0.39 is 10.8 Å². The summed E-state index contributed by atoms with van der Waals surface area (Å²) in [4.78, 5) is 35.2. The van der Waals surface area contributed by atoms with Crippen molar-refractivity contribution in [1.82, 2.24) is 9.13 Å². The Hall–Kier alpha value is -3.13. The SMILES string of the molecule is Cn1c(=O)n(C)c2cc([N+](=O)[O-])c(NC(=O)c3ccccc3Cl)cc21. The molecule has 0 radical (unpaired) electrons. The Balaban J connectivity index is 2.15. The molecular formula is C16H13ClN4O4. The van der Waals surface area contributed by atoms with Gasteiger partial charge in [-0.2, -0.15) is 0 Å². The van der Waals surface area contributed by atoms with Crippen molar-refractivity contribution in [2.24, 2.45) is 14.1 Å². The number of imidazole rings is 1. The number of carbonyl (C=O) groups is 1. The third kappa shape index (κ3) is 2.76. The van der Waals surface area contributed by atoms with E-state index in [4.69, 9.17) is 11.6 Å². The van der Waals surface area contributed by atoms with Crippen LogP contribution in [0.2, 0.25) is 5.02 Å². The van der Waals surface area contributed by atoms with Crippen LogP contribution in [0.5, 0.6) is 0 Å². The first-order valence-corrected chi connectivity index (χ1v) is 7.58. The summed E-state index contributed by atoms with van der Waals surface area (Å²) in [7, 11) is 3.08. The second-order valence-corrected chi connectivity index (χ2v) is 5.86. The Morgan fingerprint density at radius 1 is 1.16 bits per heavy atom. The fourth-order valence-corrected chi connectivity index (χ4v) is 2.84. The topological polar surface area (TPSA) is 99.2 Å². The van der Waals surface area contributed by atoms with Gasteiger partial charge in [-0.05, 0) is 18.2 Å². The zero-order valence-corrected chi connectivity index (χ0v) is 14.1. The number of halogens is 1. The molecule has 0 saturated heterocycles. The number of hydrogen-bond acceptors (Lipinski definition) is 4. The number of hydrogen-bond donors (Lipinski definition) is 1. The molecule has 0 aliphatic heterocycles. The molecule has 0 spiro atoms. The number of anilines is 1. The summed E-state index contributed by atoms with van der Waals surface area (Å²) >= 11 is 5.99. The number of nitrogens with zero attached hydrogens (tertiary/aromatic N) is 3. The molecule has 1 N–H and O–H groups in total. The van der Waals surface area contributed by atoms with Crippen LogP contribution in [0.4, 0.5) is 11.4 Å². The van der Waals surface area contributed by atoms with E-state index in [-0.39, 0.29) is 27.7 Å². The van der Waals surface area contributed by atoms with Crippen molar-refractivity contribution in [1.29, 1.82) is 0 Å². The van der Waals surface area contributed by atoms with E-state index in [9.17, 15) is 19.7 Å². The molecule has 0 aliphatic carbocycles. The molecule has 0 fully saturated rings. The number of nitro groups is 1. The summed E-state index contributed by atoms with van der Waals surface area (Å²) in [6.45, 7) is 0. The number of nitrogens with one attached hydrogen (secondary N) is 1. The average molecular weight is 361 g/mol. The van der Waals surface area contributed by atoms with Crippen molar-refractivity contribution in [2.45, 2.75) is 0 Å². The minimum Gasteiger partial charge on any atom is -0.316 e. The molecule has 0 saturated carbocycles. The summed E-state index contributed by atoms with van der Waals surface area (Å²) in [5.74, 6) is -0.575. The van der Waals surface area contributed by atoms with Crippen molar-refractivity contribution < 1.29 is 9.72 Å². The van der Waals surface area contributed by atoms with E-state index in [1.54, 1.807) is 25.2 Å². The largest absolute Gasteiger partial charge is 0.328 e. The van der Waals surface area contributed by atoms with Gasteiger partial charge in [-0.25, -0.2) is 4.79 Å². The van der Waals surface area contributed by atoms with E-state index in [0.29, 0.717) is 11.0 Å². The average Bonchev–Trinajstić information content (AvgIpc) is 2.78. The van der Waals surface area contributed by atoms with E-state index in [2.05, 4.69) is 5.32 Å². The molecule has 1 heterocycles. The number of carbonyl (C=O) groups excluding carboxylic acids is 1. The lowest BCUT2D eigenvalue weighted by molar-refractivity contribution is -0.383. The predicted octanol–water partition coefficient (Wildman–Crippen LogP) is 2.69. The Kier molecular flexibility index (Phi) is 4.05. The molecule has 128 valence electrons. The zero-order valence-electron chi connectivity index (χ0n) is 13.3. The lowest BCUT2D eigenvalue weighted by Crippen LogP contribution is -2.19. The maximum Gasteiger partial charge on any atom is 0.328 e. The first-order chi connectivity index (χ1) is 11.8. The van der Waals surface area contributed by atoms with Crippen molar-refractivity contribution in [3.8, 4) is 0 Å². The van der Waals surface area contributed by atoms with Gasteiger partial charge in [-0.1, -0.05) is 23.7 Å². The fraction of sp³-hybridized carbons (Fsp3) is 0.125. The van der Waals surface area contributed by atoms with Gasteiger partial charge in [0, 0.05) is 20.2 Å². The molecular weight excluding hydrogens is 348 g/mol. The standard InChI is InChI=1S/C16H13ClN4O4/c1-19-13-7-11(18-15(22)9-5-3-4-6-10(9)17)12(21(24)25)8-14(13)20(2)16(19)23/h3-8H,1-2H3,(H,18,22). The quantitative estimate of drug-likeness (QED) is 0.573. The molecule has 0 bridgehead atoms. The minimum absolute atomic E-state index is 0.0105. The van der Waals surface area contributed by atoms with Gasteiger partial charge in [0.1, 0.15) is 5.69 Å². The molecule has 2 aromatic carbocycles. The van der Waals surface area contributed by atoms with Crippen LogP contribution in [0.3, 0.4) is 0 Å². The van der Waals surface area contributed by atoms with Gasteiger partial charge in [-0.3, -0.25) is 24.0 Å². The monoisotopic (exact) mass is 360 g/mol. The maximum atomic E-state index is 12.4. The van der Waals surface area contributed by atoms with Crippen LogP contribution in [-0.4, -0.2) is 20.0 Å². The smallest absolute Gasteiger partial charge is 0.316 e. The molecule has 3 rings (SSSR count). The van der Waals surface area contributed by atoms with Gasteiger partial charge in [0.25, 0.3) is 11.6 Å². The van der Waals surface area contributed by atoms with Crippen molar-refractivity contribution >= 4 is 39.9 Å². The number of benzene rings is 2. The van der Waals surface area contributed by atoms with Gasteiger partial charge in [0.05, 0.1) is 26.5 Å². The van der Waals surface area contributed by atoms with E-state index in [1.807, 2.05) is 0 Å². The highest BCUT2D eigenvalue weighted by atomic mass is 35.5. The lowest BCUT2D eigenvalue weighted by atomic mass is 10.2. The van der Waals surface area contributed by atoms with Crippen LogP contribution in [0.1, 0.15) is 10.4 Å². The Morgan fingerprint density at radius 3 is 2.36 bits per heavy atom. The Morgan fingerprint density at radius 2 is 1.76 bits per heavy atom. The number of nitro benzene ring substituents is 1.